The average Bonchev–Trinajstić information content (AvgIpc) is 3.10. The van der Waals surface area contributed by atoms with E-state index in [2.05, 4.69) is 52.1 Å². The van der Waals surface area contributed by atoms with Crippen LogP contribution in [0.3, 0.4) is 0 Å². The largest absolute Gasteiger partial charge is 0.381 e. The molecule has 2 heterocycles. The number of allylic oxidation sites excluding steroid dienone is 3. The topological polar surface area (TPSA) is 36.9 Å². The molecule has 1 saturated heterocycles. The zero-order valence-corrected chi connectivity index (χ0v) is 19.0. The van der Waals surface area contributed by atoms with Crippen molar-refractivity contribution in [3.05, 3.63) is 22.2 Å². The van der Waals surface area contributed by atoms with Crippen LogP contribution < -0.4 is 5.32 Å². The Morgan fingerprint density at radius 2 is 2.15 bits per heavy atom. The summed E-state index contributed by atoms with van der Waals surface area (Å²) in [6, 6.07) is 0. The van der Waals surface area contributed by atoms with Crippen molar-refractivity contribution in [1.82, 2.24) is 10.2 Å². The fraction of sp³-hybridized carbons (Fsp3) is 0.714. The standard InChI is InChI=1S/C21H30BrN3OS/c1-14(22)5-6-16-13-20(9-7-17(26-3)8-10-20)21(15(16)2)18-23-11-4-12-25(18)19(27)24-21/h5-6,15,17H,4,7-13H2,1-3H3,(H,24,27)/b14-5+,16-6-. The van der Waals surface area contributed by atoms with E-state index >= 15 is 0 Å². The Morgan fingerprint density at radius 1 is 1.41 bits per heavy atom. The second kappa shape index (κ2) is 7.27. The number of methoxy groups -OCH3 is 1. The quantitative estimate of drug-likeness (QED) is 0.624. The molecular formula is C21H30BrN3OS. The Balaban J connectivity index is 1.81. The van der Waals surface area contributed by atoms with Crippen LogP contribution in [0.4, 0.5) is 0 Å². The first-order chi connectivity index (χ1) is 12.9. The van der Waals surface area contributed by atoms with Crippen LogP contribution in [0.2, 0.25) is 0 Å². The maximum Gasteiger partial charge on any atom is 0.175 e. The smallest absolute Gasteiger partial charge is 0.175 e. The van der Waals surface area contributed by atoms with E-state index in [0.717, 1.165) is 61.2 Å². The first-order valence-electron chi connectivity index (χ1n) is 10.1. The molecule has 0 radical (unpaired) electrons. The highest BCUT2D eigenvalue weighted by Gasteiger charge is 2.67. The van der Waals surface area contributed by atoms with Gasteiger partial charge in [-0.2, -0.15) is 0 Å². The number of fused-ring (bicyclic) bond motifs is 3. The van der Waals surface area contributed by atoms with Crippen LogP contribution in [0.5, 0.6) is 0 Å². The molecule has 2 saturated carbocycles. The Hall–Kier alpha value is -0.720. The predicted molar refractivity (Wildman–Crippen MR) is 118 cm³/mol. The Bertz CT molecular complexity index is 719. The number of hydrogen-bond donors (Lipinski definition) is 1. The normalized spacial score (nSPS) is 40.7. The van der Waals surface area contributed by atoms with E-state index in [1.165, 1.54) is 11.4 Å². The van der Waals surface area contributed by atoms with Gasteiger partial charge < -0.3 is 15.0 Å². The monoisotopic (exact) mass is 451 g/mol. The lowest BCUT2D eigenvalue weighted by atomic mass is 9.60. The average molecular weight is 452 g/mol. The molecule has 2 aliphatic carbocycles. The van der Waals surface area contributed by atoms with E-state index in [4.69, 9.17) is 21.9 Å². The highest BCUT2D eigenvalue weighted by Crippen LogP contribution is 2.62. The lowest BCUT2D eigenvalue weighted by Gasteiger charge is -2.49. The maximum absolute atomic E-state index is 5.79. The van der Waals surface area contributed by atoms with Crippen LogP contribution in [-0.2, 0) is 4.74 Å². The van der Waals surface area contributed by atoms with Gasteiger partial charge in [0.15, 0.2) is 5.11 Å². The van der Waals surface area contributed by atoms with E-state index in [0.29, 0.717) is 12.0 Å². The summed E-state index contributed by atoms with van der Waals surface area (Å²) in [4.78, 5) is 7.34. The summed E-state index contributed by atoms with van der Waals surface area (Å²) in [5.41, 5.74) is 1.51. The minimum absolute atomic E-state index is 0.163. The van der Waals surface area contributed by atoms with Crippen LogP contribution in [-0.4, -0.2) is 47.7 Å². The SMILES string of the molecule is COC1CCC2(CC1)C/C(=C/C=C(\C)Br)C(C)C21NC(=S)N2CCCN=C21. The molecular weight excluding hydrogens is 422 g/mol. The molecule has 1 N–H and O–H groups in total. The number of amidine groups is 1. The fourth-order valence-electron chi connectivity index (χ4n) is 5.90. The van der Waals surface area contributed by atoms with E-state index < -0.39 is 0 Å². The summed E-state index contributed by atoms with van der Waals surface area (Å²) < 4.78 is 6.85. The third kappa shape index (κ3) is 2.94. The summed E-state index contributed by atoms with van der Waals surface area (Å²) in [6.45, 7) is 6.37. The zero-order chi connectivity index (χ0) is 19.2. The predicted octanol–water partition coefficient (Wildman–Crippen LogP) is 4.56. The van der Waals surface area contributed by atoms with Gasteiger partial charge in [0.05, 0.1) is 6.10 Å². The Morgan fingerprint density at radius 3 is 2.81 bits per heavy atom. The van der Waals surface area contributed by atoms with Crippen LogP contribution >= 0.6 is 28.1 Å². The molecule has 0 amide bonds. The molecule has 0 aromatic rings. The molecule has 0 bridgehead atoms. The van der Waals surface area contributed by atoms with Gasteiger partial charge in [0.1, 0.15) is 11.4 Å². The van der Waals surface area contributed by atoms with E-state index in [9.17, 15) is 0 Å². The van der Waals surface area contributed by atoms with Gasteiger partial charge in [0, 0.05) is 31.5 Å². The van der Waals surface area contributed by atoms with Gasteiger partial charge in [-0.1, -0.05) is 40.6 Å². The molecule has 2 atom stereocenters. The molecule has 4 aliphatic rings. The van der Waals surface area contributed by atoms with E-state index in [-0.39, 0.29) is 11.0 Å². The van der Waals surface area contributed by atoms with Gasteiger partial charge in [0.25, 0.3) is 0 Å². The second-order valence-corrected chi connectivity index (χ2v) is 10.2. The number of nitrogens with one attached hydrogen (secondary N) is 1. The molecule has 4 nitrogen and oxygen atoms in total. The van der Waals surface area contributed by atoms with Crippen molar-refractivity contribution < 1.29 is 4.74 Å². The zero-order valence-electron chi connectivity index (χ0n) is 16.6. The molecule has 4 rings (SSSR count). The summed E-state index contributed by atoms with van der Waals surface area (Å²) in [5, 5.41) is 4.72. The molecule has 2 unspecified atom stereocenters. The molecule has 0 aromatic heterocycles. The third-order valence-electron chi connectivity index (χ3n) is 7.29. The minimum Gasteiger partial charge on any atom is -0.381 e. The highest BCUT2D eigenvalue weighted by atomic mass is 79.9. The van der Waals surface area contributed by atoms with Crippen molar-refractivity contribution in [1.29, 1.82) is 0 Å². The summed E-state index contributed by atoms with van der Waals surface area (Å²) in [6.07, 6.45) is 11.7. The number of hydrogen-bond acceptors (Lipinski definition) is 3. The minimum atomic E-state index is -0.164. The van der Waals surface area contributed by atoms with Gasteiger partial charge in [-0.15, -0.1) is 0 Å². The van der Waals surface area contributed by atoms with Crippen LogP contribution in [0, 0.1) is 11.3 Å². The second-order valence-electron chi connectivity index (χ2n) is 8.56. The van der Waals surface area contributed by atoms with E-state index in [1.807, 2.05) is 7.11 Å². The third-order valence-corrected chi connectivity index (χ3v) is 7.88. The number of aliphatic imine (C=N–C) groups is 1. The fourth-order valence-corrected chi connectivity index (χ4v) is 6.37. The maximum atomic E-state index is 5.79. The highest BCUT2D eigenvalue weighted by molar-refractivity contribution is 9.11. The molecule has 2 spiro atoms. The summed E-state index contributed by atoms with van der Waals surface area (Å²) in [7, 11) is 1.85. The van der Waals surface area contributed by atoms with Crippen molar-refractivity contribution in [3.8, 4) is 0 Å². The van der Waals surface area contributed by atoms with Crippen LogP contribution in [0.1, 0.15) is 52.4 Å². The summed E-state index contributed by atoms with van der Waals surface area (Å²) in [5.74, 6) is 1.59. The van der Waals surface area contributed by atoms with Crippen molar-refractivity contribution >= 4 is 39.1 Å². The molecule has 3 fully saturated rings. The first-order valence-corrected chi connectivity index (χ1v) is 11.3. The van der Waals surface area contributed by atoms with Gasteiger partial charge in [-0.05, 0) is 62.1 Å². The number of thiocarbonyl (C=S) groups is 1. The van der Waals surface area contributed by atoms with Gasteiger partial charge in [0.2, 0.25) is 0 Å². The van der Waals surface area contributed by atoms with E-state index in [1.54, 1.807) is 0 Å². The van der Waals surface area contributed by atoms with Crippen LogP contribution in [0.25, 0.3) is 0 Å². The first kappa shape index (κ1) is 19.6. The Kier molecular flexibility index (Phi) is 5.27. The molecule has 0 aromatic carbocycles. The van der Waals surface area contributed by atoms with Gasteiger partial charge in [-0.3, -0.25) is 4.99 Å². The number of ether oxygens (including phenoxy) is 1. The van der Waals surface area contributed by atoms with Crippen LogP contribution in [0.15, 0.2) is 27.2 Å². The van der Waals surface area contributed by atoms with Crippen molar-refractivity contribution in [2.24, 2.45) is 16.3 Å². The Labute approximate surface area is 176 Å². The number of rotatable bonds is 2. The van der Waals surface area contributed by atoms with Crippen molar-refractivity contribution in [2.45, 2.75) is 64.0 Å². The van der Waals surface area contributed by atoms with Crippen molar-refractivity contribution in [3.63, 3.8) is 0 Å². The molecule has 2 aliphatic heterocycles. The van der Waals surface area contributed by atoms with Gasteiger partial charge >= 0.3 is 0 Å². The molecule has 27 heavy (non-hydrogen) atoms. The number of halogens is 1. The van der Waals surface area contributed by atoms with Crippen molar-refractivity contribution in [2.75, 3.05) is 20.2 Å². The molecule has 148 valence electrons. The lowest BCUT2D eigenvalue weighted by molar-refractivity contribution is 0.00869. The molecule has 6 heteroatoms. The number of nitrogens with zero attached hydrogens (tertiary/aromatic N) is 2. The lowest BCUT2D eigenvalue weighted by Crippen LogP contribution is -2.62. The summed E-state index contributed by atoms with van der Waals surface area (Å²) >= 11 is 9.37. The van der Waals surface area contributed by atoms with Gasteiger partial charge in [-0.25, -0.2) is 0 Å².